The number of hydrogen-bond acceptors (Lipinski definition) is 5. The zero-order valence-electron chi connectivity index (χ0n) is 13.8. The van der Waals surface area contributed by atoms with Gasteiger partial charge in [0.15, 0.2) is 18.0 Å². The van der Waals surface area contributed by atoms with E-state index in [1.807, 2.05) is 4.98 Å². The van der Waals surface area contributed by atoms with Crippen molar-refractivity contribution in [2.24, 2.45) is 5.92 Å². The van der Waals surface area contributed by atoms with Gasteiger partial charge in [0, 0.05) is 18.2 Å². The number of ether oxygens (including phenoxy) is 2. The Morgan fingerprint density at radius 2 is 2.40 bits per heavy atom. The molecule has 4 atom stereocenters. The molecule has 0 amide bonds. The van der Waals surface area contributed by atoms with Gasteiger partial charge < -0.3 is 9.47 Å². The zero-order valence-corrected chi connectivity index (χ0v) is 10.8. The summed E-state index contributed by atoms with van der Waals surface area (Å²) in [6.07, 6.45) is -3.21. The van der Waals surface area contributed by atoms with Crippen LogP contribution in [-0.2, 0) is 14.3 Å². The van der Waals surface area contributed by atoms with Crippen LogP contribution in [0.1, 0.15) is 24.2 Å². The van der Waals surface area contributed by atoms with E-state index in [-0.39, 0.29) is 0 Å². The monoisotopic (exact) mass is 289 g/mol. The van der Waals surface area contributed by atoms with Crippen LogP contribution in [0.15, 0.2) is 21.9 Å². The molecule has 8 heteroatoms. The number of nitrogens with zero attached hydrogens (tertiary/aromatic N) is 1. The number of halogens is 1. The van der Waals surface area contributed by atoms with Gasteiger partial charge in [0.25, 0.3) is 5.56 Å². The van der Waals surface area contributed by atoms with Crippen LogP contribution in [0, 0.1) is 5.92 Å². The van der Waals surface area contributed by atoms with Gasteiger partial charge in [-0.25, -0.2) is 14.0 Å². The van der Waals surface area contributed by atoms with Crippen molar-refractivity contribution in [3.63, 3.8) is 0 Å². The first-order valence-electron chi connectivity index (χ1n) is 7.39. The fourth-order valence-corrected chi connectivity index (χ4v) is 2.03. The number of hydrogen-bond donors (Lipinski definition) is 1. The van der Waals surface area contributed by atoms with Crippen LogP contribution in [0.25, 0.3) is 0 Å². The number of nitrogens with one attached hydrogen (secondary N) is 1. The van der Waals surface area contributed by atoms with Gasteiger partial charge in [-0.05, 0) is 6.92 Å². The Morgan fingerprint density at radius 1 is 1.70 bits per heavy atom. The number of H-pyrrole nitrogens is 1. The molecule has 0 saturated carbocycles. The highest BCUT2D eigenvalue weighted by Gasteiger charge is 2.56. The summed E-state index contributed by atoms with van der Waals surface area (Å²) in [5.74, 6) is -2.77. The second kappa shape index (κ2) is 4.86. The largest absolute Gasteiger partial charge is 0.467 e. The molecule has 1 saturated heterocycles. The Labute approximate surface area is 117 Å². The first-order chi connectivity index (χ1) is 10.5. The Hall–Kier alpha value is -1.96. The maximum absolute atomic E-state index is 15.0. The van der Waals surface area contributed by atoms with Crippen LogP contribution >= 0.6 is 0 Å². The van der Waals surface area contributed by atoms with Crippen molar-refractivity contribution < 1.29 is 22.8 Å². The third-order valence-corrected chi connectivity index (χ3v) is 3.37. The number of alkyl halides is 1. The molecule has 1 aliphatic heterocycles. The Kier molecular flexibility index (Phi) is 2.62. The first kappa shape index (κ1) is 10.8. The number of rotatable bonds is 2. The lowest BCUT2D eigenvalue weighted by Crippen LogP contribution is -2.40. The van der Waals surface area contributed by atoms with E-state index in [1.165, 1.54) is 6.92 Å². The Morgan fingerprint density at radius 3 is 3.00 bits per heavy atom. The molecule has 2 rings (SSSR count). The molecule has 0 aromatic carbocycles. The number of carbonyl (C=O) groups is 1. The number of carbonyl (C=O) groups excluding carboxylic acids is 1. The van der Waals surface area contributed by atoms with Gasteiger partial charge in [0.05, 0.1) is 11.2 Å². The summed E-state index contributed by atoms with van der Waals surface area (Å²) in [7, 11) is -2.00. The minimum Gasteiger partial charge on any atom is -0.467 e. The second-order valence-electron chi connectivity index (χ2n) is 4.63. The van der Waals surface area contributed by atoms with Gasteiger partial charge in [-0.15, -0.1) is 0 Å². The molecule has 0 unspecified atom stereocenters. The molecule has 110 valence electrons. The highest BCUT2D eigenvalue weighted by atomic mass is 19.1. The molecule has 1 fully saturated rings. The van der Waals surface area contributed by atoms with E-state index in [9.17, 15) is 14.4 Å². The van der Waals surface area contributed by atoms with Gasteiger partial charge in [-0.3, -0.25) is 14.3 Å². The van der Waals surface area contributed by atoms with Crippen LogP contribution < -0.4 is 11.2 Å². The predicted octanol–water partition coefficient (Wildman–Crippen LogP) is -0.0287. The SMILES string of the molecule is [2H]C([2H])OC(=O)[C@@]1([2H])O[C@@H](n2ccc(=O)[nH]c2=O)[C@](C)(F)[C@@H]1C. The smallest absolute Gasteiger partial charge is 0.335 e. The van der Waals surface area contributed by atoms with E-state index in [0.717, 1.165) is 23.8 Å². The quantitative estimate of drug-likeness (QED) is 0.772. The summed E-state index contributed by atoms with van der Waals surface area (Å²) in [5.41, 5.74) is -3.99. The van der Waals surface area contributed by atoms with Crippen molar-refractivity contribution in [3.8, 4) is 0 Å². The standard InChI is InChI=1S/C12H15FN2O5/c1-6-8(9(17)19-3)20-10(12(6,2)13)15-5-4-7(16)14-11(15)18/h4-6,8,10H,1-3H3,(H,14,16,18)/t6-,8+,10-,12-/m1/s1/i3D2,8D. The number of aromatic nitrogens is 2. The molecule has 7 nitrogen and oxygen atoms in total. The zero-order chi connectivity index (χ0) is 17.6. The normalized spacial score (nSPS) is 39.1. The molecule has 2 heterocycles. The van der Waals surface area contributed by atoms with Crippen LogP contribution in [0.2, 0.25) is 0 Å². The van der Waals surface area contributed by atoms with E-state index in [0.29, 0.717) is 0 Å². The lowest BCUT2D eigenvalue weighted by molar-refractivity contribution is -0.157. The molecule has 1 N–H and O–H groups in total. The van der Waals surface area contributed by atoms with Crippen LogP contribution in [0.4, 0.5) is 4.39 Å². The number of esters is 1. The van der Waals surface area contributed by atoms with Gasteiger partial charge in [-0.1, -0.05) is 6.92 Å². The molecule has 1 aromatic rings. The number of methoxy groups -OCH3 is 1. The van der Waals surface area contributed by atoms with Gasteiger partial charge in [0.2, 0.25) is 0 Å². The van der Waals surface area contributed by atoms with Crippen LogP contribution in [-0.4, -0.2) is 34.3 Å². The minimum atomic E-state index is -2.54. The fourth-order valence-electron chi connectivity index (χ4n) is 2.03. The molecular formula is C12H15FN2O5. The fraction of sp³-hybridized carbons (Fsp3) is 0.583. The molecule has 20 heavy (non-hydrogen) atoms. The highest BCUT2D eigenvalue weighted by Crippen LogP contribution is 2.44. The maximum atomic E-state index is 15.0. The van der Waals surface area contributed by atoms with Crippen molar-refractivity contribution in [1.29, 1.82) is 0 Å². The lowest BCUT2D eigenvalue weighted by atomic mass is 9.89. The van der Waals surface area contributed by atoms with E-state index in [1.54, 1.807) is 0 Å². The third-order valence-electron chi connectivity index (χ3n) is 3.37. The first-order valence-corrected chi connectivity index (χ1v) is 5.74. The summed E-state index contributed by atoms with van der Waals surface area (Å²) in [6, 6.07) is 0.970. The average Bonchev–Trinajstić information content (AvgIpc) is 2.60. The van der Waals surface area contributed by atoms with Crippen molar-refractivity contribution in [2.75, 3.05) is 7.06 Å². The number of aromatic amines is 1. The minimum absolute atomic E-state index is 0.694. The van der Waals surface area contributed by atoms with Crippen LogP contribution in [0.5, 0.6) is 0 Å². The lowest BCUT2D eigenvalue weighted by Gasteiger charge is -2.25. The summed E-state index contributed by atoms with van der Waals surface area (Å²) in [4.78, 5) is 36.7. The molecule has 0 radical (unpaired) electrons. The van der Waals surface area contributed by atoms with Crippen molar-refractivity contribution in [3.05, 3.63) is 33.1 Å². The summed E-state index contributed by atoms with van der Waals surface area (Å²) in [6.45, 7) is 2.26. The second-order valence-corrected chi connectivity index (χ2v) is 4.63. The third kappa shape index (κ3) is 2.15. The predicted molar refractivity (Wildman–Crippen MR) is 65.9 cm³/mol. The molecule has 0 spiro atoms. The van der Waals surface area contributed by atoms with E-state index >= 15 is 4.39 Å². The molecule has 0 aliphatic carbocycles. The molecular weight excluding hydrogens is 271 g/mol. The Balaban J connectivity index is 2.46. The van der Waals surface area contributed by atoms with Crippen LogP contribution in [0.3, 0.4) is 0 Å². The van der Waals surface area contributed by atoms with E-state index < -0.39 is 48.2 Å². The topological polar surface area (TPSA) is 90.4 Å². The van der Waals surface area contributed by atoms with Gasteiger partial charge in [0.1, 0.15) is 0 Å². The van der Waals surface area contributed by atoms with Crippen molar-refractivity contribution >= 4 is 5.97 Å². The van der Waals surface area contributed by atoms with E-state index in [2.05, 4.69) is 4.74 Å². The van der Waals surface area contributed by atoms with Crippen molar-refractivity contribution in [2.45, 2.75) is 31.8 Å². The van der Waals surface area contributed by atoms with E-state index in [4.69, 9.17) is 8.85 Å². The average molecular weight is 289 g/mol. The van der Waals surface area contributed by atoms with Gasteiger partial charge >= 0.3 is 11.7 Å². The maximum Gasteiger partial charge on any atom is 0.335 e. The molecule has 1 aromatic heterocycles. The molecule has 0 bridgehead atoms. The summed E-state index contributed by atoms with van der Waals surface area (Å²) in [5, 5.41) is 0. The Bertz CT molecular complexity index is 734. The highest BCUT2D eigenvalue weighted by molar-refractivity contribution is 5.75. The summed E-state index contributed by atoms with van der Waals surface area (Å²) >= 11 is 0. The molecule has 1 aliphatic rings. The van der Waals surface area contributed by atoms with Crippen molar-refractivity contribution in [1.82, 2.24) is 9.55 Å². The summed E-state index contributed by atoms with van der Waals surface area (Å²) < 4.78 is 47.0. The van der Waals surface area contributed by atoms with Gasteiger partial charge in [-0.2, -0.15) is 0 Å².